The second-order valence-electron chi connectivity index (χ2n) is 4.48. The van der Waals surface area contributed by atoms with E-state index in [1.54, 1.807) is 6.07 Å². The molecule has 0 saturated carbocycles. The summed E-state index contributed by atoms with van der Waals surface area (Å²) in [5.41, 5.74) is 8.39. The third-order valence-electron chi connectivity index (χ3n) is 2.77. The number of anilines is 1. The van der Waals surface area contributed by atoms with Crippen LogP contribution in [-0.4, -0.2) is 11.1 Å². The molecular formula is C15H17FIN3O. The first-order valence-corrected chi connectivity index (χ1v) is 6.15. The molecule has 0 radical (unpaired) electrons. The van der Waals surface area contributed by atoms with Gasteiger partial charge >= 0.3 is 0 Å². The van der Waals surface area contributed by atoms with Crippen LogP contribution in [0.25, 0.3) is 0 Å². The summed E-state index contributed by atoms with van der Waals surface area (Å²) in [5, 5.41) is 12.0. The van der Waals surface area contributed by atoms with E-state index in [-0.39, 0.29) is 42.2 Å². The monoisotopic (exact) mass is 401 g/mol. The van der Waals surface area contributed by atoms with E-state index in [1.807, 2.05) is 31.2 Å². The number of benzene rings is 2. The van der Waals surface area contributed by atoms with Gasteiger partial charge in [0.1, 0.15) is 0 Å². The van der Waals surface area contributed by atoms with E-state index in [1.165, 1.54) is 12.1 Å². The number of hydrogen-bond donors (Lipinski definition) is 3. The zero-order valence-electron chi connectivity index (χ0n) is 11.5. The second-order valence-corrected chi connectivity index (χ2v) is 4.48. The third-order valence-corrected chi connectivity index (χ3v) is 2.77. The largest absolute Gasteiger partial charge is 0.505 e. The number of nitrogens with one attached hydrogen (secondary N) is 1. The van der Waals surface area contributed by atoms with Gasteiger partial charge in [-0.1, -0.05) is 23.8 Å². The third kappa shape index (κ3) is 5.22. The molecule has 0 saturated heterocycles. The first-order chi connectivity index (χ1) is 9.54. The number of aromatic hydroxyl groups is 1. The predicted octanol–water partition coefficient (Wildman–Crippen LogP) is 3.38. The molecule has 4 nitrogen and oxygen atoms in total. The number of guanidine groups is 1. The Balaban J connectivity index is 0.00000220. The zero-order valence-corrected chi connectivity index (χ0v) is 13.8. The first-order valence-electron chi connectivity index (χ1n) is 6.15. The highest BCUT2D eigenvalue weighted by molar-refractivity contribution is 14.0. The van der Waals surface area contributed by atoms with Gasteiger partial charge in [0.05, 0.1) is 6.54 Å². The predicted molar refractivity (Wildman–Crippen MR) is 93.6 cm³/mol. The van der Waals surface area contributed by atoms with Crippen molar-refractivity contribution in [3.8, 4) is 5.75 Å². The molecule has 6 heteroatoms. The van der Waals surface area contributed by atoms with Crippen molar-refractivity contribution in [2.75, 3.05) is 5.32 Å². The SMILES string of the molecule is Cc1ccc(NC(N)=NCc2ccc(O)c(F)c2)cc1.I. The highest BCUT2D eigenvalue weighted by Crippen LogP contribution is 2.16. The highest BCUT2D eigenvalue weighted by atomic mass is 127. The van der Waals surface area contributed by atoms with Gasteiger partial charge in [0.25, 0.3) is 0 Å². The number of rotatable bonds is 3. The summed E-state index contributed by atoms with van der Waals surface area (Å²) in [6.07, 6.45) is 0. The van der Waals surface area contributed by atoms with E-state index in [0.717, 1.165) is 11.3 Å². The van der Waals surface area contributed by atoms with Gasteiger partial charge in [-0.05, 0) is 36.8 Å². The van der Waals surface area contributed by atoms with E-state index in [4.69, 9.17) is 10.8 Å². The lowest BCUT2D eigenvalue weighted by Gasteiger charge is -2.06. The van der Waals surface area contributed by atoms with Crippen LogP contribution in [0.4, 0.5) is 10.1 Å². The number of hydrogen-bond acceptors (Lipinski definition) is 2. The van der Waals surface area contributed by atoms with Crippen molar-refractivity contribution in [2.24, 2.45) is 10.7 Å². The number of phenolic OH excluding ortho intramolecular Hbond substituents is 1. The van der Waals surface area contributed by atoms with Gasteiger partial charge in [0.2, 0.25) is 0 Å². The minimum Gasteiger partial charge on any atom is -0.505 e. The van der Waals surface area contributed by atoms with Gasteiger partial charge < -0.3 is 16.2 Å². The molecule has 0 fully saturated rings. The number of aryl methyl sites for hydroxylation is 1. The molecular weight excluding hydrogens is 384 g/mol. The molecule has 0 aliphatic carbocycles. The second kappa shape index (κ2) is 7.82. The highest BCUT2D eigenvalue weighted by Gasteiger charge is 2.01. The van der Waals surface area contributed by atoms with E-state index in [9.17, 15) is 4.39 Å². The summed E-state index contributed by atoms with van der Waals surface area (Å²) in [5.74, 6) is -0.784. The number of phenols is 1. The van der Waals surface area contributed by atoms with E-state index >= 15 is 0 Å². The lowest BCUT2D eigenvalue weighted by Crippen LogP contribution is -2.22. The van der Waals surface area contributed by atoms with Crippen LogP contribution in [0.3, 0.4) is 0 Å². The Bertz CT molecular complexity index is 629. The minimum absolute atomic E-state index is 0. The van der Waals surface area contributed by atoms with Crippen LogP contribution in [0.15, 0.2) is 47.5 Å². The molecule has 2 rings (SSSR count). The molecule has 0 spiro atoms. The van der Waals surface area contributed by atoms with Gasteiger partial charge in [0, 0.05) is 5.69 Å². The molecule has 0 unspecified atom stereocenters. The van der Waals surface area contributed by atoms with Crippen LogP contribution in [-0.2, 0) is 6.54 Å². The quantitative estimate of drug-likeness (QED) is 0.420. The van der Waals surface area contributed by atoms with Crippen LogP contribution in [0, 0.1) is 12.7 Å². The first kappa shape index (κ1) is 17.2. The molecule has 0 aliphatic rings. The molecule has 0 heterocycles. The maximum atomic E-state index is 13.1. The molecule has 0 aliphatic heterocycles. The average molecular weight is 401 g/mol. The summed E-state index contributed by atoms with van der Waals surface area (Å²) in [7, 11) is 0. The number of aliphatic imine (C=N–C) groups is 1. The minimum atomic E-state index is -0.664. The Morgan fingerprint density at radius 2 is 1.90 bits per heavy atom. The lowest BCUT2D eigenvalue weighted by molar-refractivity contribution is 0.432. The van der Waals surface area contributed by atoms with Crippen LogP contribution in [0.1, 0.15) is 11.1 Å². The Labute approximate surface area is 139 Å². The van der Waals surface area contributed by atoms with Crippen molar-refractivity contribution >= 4 is 35.6 Å². The Morgan fingerprint density at radius 3 is 2.52 bits per heavy atom. The molecule has 4 N–H and O–H groups in total. The van der Waals surface area contributed by atoms with Gasteiger partial charge in [-0.25, -0.2) is 9.38 Å². The van der Waals surface area contributed by atoms with Crippen molar-refractivity contribution in [1.82, 2.24) is 0 Å². The number of nitrogens with two attached hydrogens (primary N) is 1. The topological polar surface area (TPSA) is 70.6 Å². The standard InChI is InChI=1S/C15H16FN3O.HI/c1-10-2-5-12(6-3-10)19-15(17)18-9-11-4-7-14(20)13(16)8-11;/h2-8,20H,9H2,1H3,(H3,17,18,19);1H. The fourth-order valence-electron chi connectivity index (χ4n) is 1.65. The van der Waals surface area contributed by atoms with Crippen molar-refractivity contribution in [2.45, 2.75) is 13.5 Å². The fourth-order valence-corrected chi connectivity index (χ4v) is 1.65. The summed E-state index contributed by atoms with van der Waals surface area (Å²) < 4.78 is 13.1. The van der Waals surface area contributed by atoms with Gasteiger partial charge in [0.15, 0.2) is 17.5 Å². The van der Waals surface area contributed by atoms with Gasteiger partial charge in [-0.15, -0.1) is 24.0 Å². The van der Waals surface area contributed by atoms with Gasteiger partial charge in [-0.2, -0.15) is 0 Å². The van der Waals surface area contributed by atoms with E-state index in [0.29, 0.717) is 5.56 Å². The van der Waals surface area contributed by atoms with Crippen molar-refractivity contribution in [1.29, 1.82) is 0 Å². The Kier molecular flexibility index (Phi) is 6.41. The Morgan fingerprint density at radius 1 is 1.24 bits per heavy atom. The van der Waals surface area contributed by atoms with Crippen LogP contribution >= 0.6 is 24.0 Å². The van der Waals surface area contributed by atoms with Crippen molar-refractivity contribution in [3.63, 3.8) is 0 Å². The normalized spacial score (nSPS) is 10.9. The zero-order chi connectivity index (χ0) is 14.5. The van der Waals surface area contributed by atoms with Crippen LogP contribution in [0.2, 0.25) is 0 Å². The van der Waals surface area contributed by atoms with E-state index in [2.05, 4.69) is 10.3 Å². The molecule has 2 aromatic carbocycles. The summed E-state index contributed by atoms with van der Waals surface area (Å²) >= 11 is 0. The molecule has 0 bridgehead atoms. The summed E-state index contributed by atoms with van der Waals surface area (Å²) in [6.45, 7) is 2.24. The molecule has 112 valence electrons. The average Bonchev–Trinajstić information content (AvgIpc) is 2.43. The molecule has 2 aromatic rings. The number of halogens is 2. The smallest absolute Gasteiger partial charge is 0.193 e. The molecule has 0 aromatic heterocycles. The molecule has 0 atom stereocenters. The molecule has 21 heavy (non-hydrogen) atoms. The van der Waals surface area contributed by atoms with Crippen molar-refractivity contribution in [3.05, 3.63) is 59.4 Å². The fraction of sp³-hybridized carbons (Fsp3) is 0.133. The maximum Gasteiger partial charge on any atom is 0.193 e. The summed E-state index contributed by atoms with van der Waals surface area (Å²) in [6, 6.07) is 11.9. The van der Waals surface area contributed by atoms with Crippen LogP contribution in [0.5, 0.6) is 5.75 Å². The molecule has 0 amide bonds. The Hall–Kier alpha value is -1.83. The summed E-state index contributed by atoms with van der Waals surface area (Å²) in [4.78, 5) is 4.12. The lowest BCUT2D eigenvalue weighted by atomic mass is 10.2. The maximum absolute atomic E-state index is 13.1. The van der Waals surface area contributed by atoms with Crippen molar-refractivity contribution < 1.29 is 9.50 Å². The van der Waals surface area contributed by atoms with E-state index < -0.39 is 5.82 Å². The van der Waals surface area contributed by atoms with Gasteiger partial charge in [-0.3, -0.25) is 0 Å². The van der Waals surface area contributed by atoms with Crippen LogP contribution < -0.4 is 11.1 Å². The number of nitrogens with zero attached hydrogens (tertiary/aromatic N) is 1.